The molecule has 5 nitrogen and oxygen atoms in total. The molecule has 0 bridgehead atoms. The summed E-state index contributed by atoms with van der Waals surface area (Å²) in [5, 5.41) is 6.43. The third-order valence-electron chi connectivity index (χ3n) is 5.25. The molecule has 1 aromatic carbocycles. The van der Waals surface area contributed by atoms with Crippen molar-refractivity contribution in [2.75, 3.05) is 33.3 Å². The van der Waals surface area contributed by atoms with Crippen LogP contribution in [0.25, 0.3) is 0 Å². The quantitative estimate of drug-likeness (QED) is 0.761. The van der Waals surface area contributed by atoms with Crippen LogP contribution in [0.1, 0.15) is 36.8 Å². The third kappa shape index (κ3) is 6.23. The van der Waals surface area contributed by atoms with Crippen LogP contribution in [0.4, 0.5) is 0 Å². The normalized spacial score (nSPS) is 23.4. The van der Waals surface area contributed by atoms with Gasteiger partial charge >= 0.3 is 0 Å². The Labute approximate surface area is 163 Å². The van der Waals surface area contributed by atoms with Crippen molar-refractivity contribution in [2.24, 2.45) is 5.92 Å². The van der Waals surface area contributed by atoms with Crippen LogP contribution in [0, 0.1) is 5.92 Å². The number of piperidine rings is 1. The van der Waals surface area contributed by atoms with Gasteiger partial charge in [0.1, 0.15) is 0 Å². The molecule has 3 rings (SSSR count). The van der Waals surface area contributed by atoms with Crippen molar-refractivity contribution >= 4 is 18.3 Å². The number of hydrogen-bond acceptors (Lipinski definition) is 4. The van der Waals surface area contributed by atoms with Crippen LogP contribution in [-0.4, -0.2) is 50.1 Å². The molecule has 2 unspecified atom stereocenters. The SMILES string of the molecule is COCc1cccc(CN2CCCC(CNC(=O)C3CCCN3)C2)c1.Cl. The zero-order valence-electron chi connectivity index (χ0n) is 15.7. The zero-order valence-corrected chi connectivity index (χ0v) is 16.5. The standard InChI is InChI=1S/C20H31N3O2.ClH/c1-25-15-17-6-2-5-16(11-17)13-23-10-4-7-18(14-23)12-22-20(24)19-8-3-9-21-19;/h2,5-6,11,18-19,21H,3-4,7-10,12-15H2,1H3,(H,22,24);1H. The van der Waals surface area contributed by atoms with Gasteiger partial charge in [0.15, 0.2) is 0 Å². The van der Waals surface area contributed by atoms with Gasteiger partial charge < -0.3 is 15.4 Å². The molecule has 1 amide bonds. The molecule has 0 spiro atoms. The lowest BCUT2D eigenvalue weighted by molar-refractivity contribution is -0.123. The van der Waals surface area contributed by atoms with Gasteiger partial charge in [0.2, 0.25) is 5.91 Å². The van der Waals surface area contributed by atoms with Crippen molar-refractivity contribution in [3.05, 3.63) is 35.4 Å². The van der Waals surface area contributed by atoms with Gasteiger partial charge in [-0.05, 0) is 55.8 Å². The zero-order chi connectivity index (χ0) is 17.5. The third-order valence-corrected chi connectivity index (χ3v) is 5.25. The molecule has 6 heteroatoms. The highest BCUT2D eigenvalue weighted by atomic mass is 35.5. The van der Waals surface area contributed by atoms with E-state index in [9.17, 15) is 4.79 Å². The van der Waals surface area contributed by atoms with Gasteiger partial charge in [0.05, 0.1) is 12.6 Å². The van der Waals surface area contributed by atoms with Crippen molar-refractivity contribution < 1.29 is 9.53 Å². The molecule has 0 aromatic heterocycles. The number of benzene rings is 1. The van der Waals surface area contributed by atoms with Gasteiger partial charge in [0.25, 0.3) is 0 Å². The van der Waals surface area contributed by atoms with E-state index in [0.29, 0.717) is 12.5 Å². The second kappa shape index (κ2) is 10.9. The maximum absolute atomic E-state index is 12.2. The van der Waals surface area contributed by atoms with Gasteiger partial charge in [-0.3, -0.25) is 9.69 Å². The molecule has 2 aliphatic heterocycles. The summed E-state index contributed by atoms with van der Waals surface area (Å²) in [6.45, 7) is 5.62. The molecule has 2 atom stereocenters. The highest BCUT2D eigenvalue weighted by Gasteiger charge is 2.24. The molecule has 0 aliphatic carbocycles. The lowest BCUT2D eigenvalue weighted by atomic mass is 9.97. The first-order valence-corrected chi connectivity index (χ1v) is 9.55. The lowest BCUT2D eigenvalue weighted by Gasteiger charge is -2.33. The Bertz CT molecular complexity index is 564. The molecule has 2 heterocycles. The Morgan fingerprint density at radius 2 is 2.15 bits per heavy atom. The fourth-order valence-corrected chi connectivity index (χ4v) is 3.98. The summed E-state index contributed by atoms with van der Waals surface area (Å²) in [7, 11) is 1.73. The van der Waals surface area contributed by atoms with Gasteiger partial charge in [0, 0.05) is 26.7 Å². The fraction of sp³-hybridized carbons (Fsp3) is 0.650. The maximum atomic E-state index is 12.2. The first-order valence-electron chi connectivity index (χ1n) is 9.55. The Hall–Kier alpha value is -1.14. The summed E-state index contributed by atoms with van der Waals surface area (Å²) in [6, 6.07) is 8.68. The smallest absolute Gasteiger partial charge is 0.237 e. The van der Waals surface area contributed by atoms with Gasteiger partial charge in [-0.15, -0.1) is 12.4 Å². The number of halogens is 1. The summed E-state index contributed by atoms with van der Waals surface area (Å²) < 4.78 is 5.23. The summed E-state index contributed by atoms with van der Waals surface area (Å²) in [5.74, 6) is 0.739. The molecule has 2 N–H and O–H groups in total. The van der Waals surface area contributed by atoms with E-state index in [1.807, 2.05) is 0 Å². The monoisotopic (exact) mass is 381 g/mol. The second-order valence-corrected chi connectivity index (χ2v) is 7.39. The van der Waals surface area contributed by atoms with Crippen molar-refractivity contribution in [1.82, 2.24) is 15.5 Å². The minimum atomic E-state index is 0. The number of carbonyl (C=O) groups is 1. The predicted octanol–water partition coefficient (Wildman–Crippen LogP) is 2.34. The first-order chi connectivity index (χ1) is 12.2. The van der Waals surface area contributed by atoms with Crippen LogP contribution in [0.5, 0.6) is 0 Å². The number of methoxy groups -OCH3 is 1. The van der Waals surface area contributed by atoms with E-state index in [1.54, 1.807) is 7.11 Å². The number of nitrogens with zero attached hydrogens (tertiary/aromatic N) is 1. The number of nitrogens with one attached hydrogen (secondary N) is 2. The Kier molecular flexibility index (Phi) is 8.85. The summed E-state index contributed by atoms with van der Waals surface area (Å²) in [6.07, 6.45) is 4.50. The van der Waals surface area contributed by atoms with Crippen LogP contribution >= 0.6 is 12.4 Å². The summed E-state index contributed by atoms with van der Waals surface area (Å²) in [4.78, 5) is 14.7. The van der Waals surface area contributed by atoms with Crippen molar-refractivity contribution in [1.29, 1.82) is 0 Å². The van der Waals surface area contributed by atoms with Crippen LogP contribution < -0.4 is 10.6 Å². The first kappa shape index (κ1) is 21.2. The van der Waals surface area contributed by atoms with E-state index in [4.69, 9.17) is 4.74 Å². The molecule has 2 saturated heterocycles. The number of ether oxygens (including phenoxy) is 1. The molecule has 2 aliphatic rings. The van der Waals surface area contributed by atoms with Crippen molar-refractivity contribution in [3.63, 3.8) is 0 Å². The number of hydrogen-bond donors (Lipinski definition) is 2. The van der Waals surface area contributed by atoms with E-state index in [0.717, 1.165) is 45.6 Å². The number of carbonyl (C=O) groups excluding carboxylic acids is 1. The molecule has 0 radical (unpaired) electrons. The van der Waals surface area contributed by atoms with E-state index < -0.39 is 0 Å². The maximum Gasteiger partial charge on any atom is 0.237 e. The fourth-order valence-electron chi connectivity index (χ4n) is 3.98. The Morgan fingerprint density at radius 3 is 2.92 bits per heavy atom. The van der Waals surface area contributed by atoms with E-state index >= 15 is 0 Å². The minimum absolute atomic E-state index is 0. The molecule has 146 valence electrons. The Morgan fingerprint density at radius 1 is 1.31 bits per heavy atom. The number of rotatable bonds is 7. The highest BCUT2D eigenvalue weighted by Crippen LogP contribution is 2.19. The molecular weight excluding hydrogens is 350 g/mol. The topological polar surface area (TPSA) is 53.6 Å². The van der Waals surface area contributed by atoms with E-state index in [-0.39, 0.29) is 24.4 Å². The number of amides is 1. The lowest BCUT2D eigenvalue weighted by Crippen LogP contribution is -2.45. The van der Waals surface area contributed by atoms with Gasteiger partial charge in [-0.2, -0.15) is 0 Å². The molecular formula is C20H32ClN3O2. The van der Waals surface area contributed by atoms with E-state index in [2.05, 4.69) is 39.8 Å². The van der Waals surface area contributed by atoms with E-state index in [1.165, 1.54) is 24.0 Å². The van der Waals surface area contributed by atoms with Gasteiger partial charge in [-0.25, -0.2) is 0 Å². The minimum Gasteiger partial charge on any atom is -0.380 e. The van der Waals surface area contributed by atoms with Gasteiger partial charge in [-0.1, -0.05) is 24.3 Å². The Balaban J connectivity index is 0.00000243. The molecule has 1 aromatic rings. The average molecular weight is 382 g/mol. The number of likely N-dealkylation sites (tertiary alicyclic amines) is 1. The van der Waals surface area contributed by atoms with Crippen molar-refractivity contribution in [3.8, 4) is 0 Å². The van der Waals surface area contributed by atoms with Crippen molar-refractivity contribution in [2.45, 2.75) is 44.9 Å². The second-order valence-electron chi connectivity index (χ2n) is 7.39. The van der Waals surface area contributed by atoms with Crippen LogP contribution in [0.2, 0.25) is 0 Å². The molecule has 26 heavy (non-hydrogen) atoms. The highest BCUT2D eigenvalue weighted by molar-refractivity contribution is 5.85. The largest absolute Gasteiger partial charge is 0.380 e. The van der Waals surface area contributed by atoms with Crippen LogP contribution in [0.3, 0.4) is 0 Å². The average Bonchev–Trinajstić information content (AvgIpc) is 3.15. The van der Waals surface area contributed by atoms with Crippen LogP contribution in [0.15, 0.2) is 24.3 Å². The van der Waals surface area contributed by atoms with Crippen LogP contribution in [-0.2, 0) is 22.7 Å². The molecule has 0 saturated carbocycles. The predicted molar refractivity (Wildman–Crippen MR) is 106 cm³/mol. The summed E-state index contributed by atoms with van der Waals surface area (Å²) in [5.41, 5.74) is 2.57. The summed E-state index contributed by atoms with van der Waals surface area (Å²) >= 11 is 0. The molecule has 2 fully saturated rings.